The number of nitrogens with two attached hydrogens (primary N) is 1. The maximum Gasteiger partial charge on any atom is 0.339 e. The van der Waals surface area contributed by atoms with E-state index in [-0.39, 0.29) is 0 Å². The Kier molecular flexibility index (Phi) is 3.25. The maximum atomic E-state index is 9.86. The summed E-state index contributed by atoms with van der Waals surface area (Å²) in [5.74, 6) is 3.33. The number of rotatable bonds is 3. The molecule has 0 aliphatic carbocycles. The predicted octanol–water partition coefficient (Wildman–Crippen LogP) is -0.670. The van der Waals surface area contributed by atoms with Crippen molar-refractivity contribution in [2.75, 3.05) is 0 Å². The fraction of sp³-hybridized carbons (Fsp3) is 0.333. The minimum Gasteiger partial charge on any atom is -0.479 e. The lowest BCUT2D eigenvalue weighted by Crippen LogP contribution is -2.27. The average molecular weight is 135 g/mol. The van der Waals surface area contributed by atoms with Crippen LogP contribution in [0, 0.1) is 0 Å². The first-order valence-corrected chi connectivity index (χ1v) is 2.23. The number of carbonyl (C=O) groups is 1. The topological polar surface area (TPSA) is 72.5 Å². The molecule has 0 saturated heterocycles. The molecule has 0 aromatic carbocycles. The van der Waals surface area contributed by atoms with Gasteiger partial charge in [-0.25, -0.2) is 10.7 Å². The molecule has 0 fully saturated rings. The van der Waals surface area contributed by atoms with Gasteiger partial charge in [0.25, 0.3) is 0 Å². The zero-order valence-electron chi connectivity index (χ0n) is 3.90. The van der Waals surface area contributed by atoms with E-state index in [1.165, 1.54) is 0 Å². The number of hydrogen-bond donors (Lipinski definition) is 2. The molecule has 46 valence electrons. The van der Waals surface area contributed by atoms with Gasteiger partial charge in [0.2, 0.25) is 6.10 Å². The quantitative estimate of drug-likeness (QED) is 0.396. The summed E-state index contributed by atoms with van der Waals surface area (Å²) in [5, 5.41) is 9.00. The second kappa shape index (κ2) is 3.48. The Morgan fingerprint density at radius 1 is 2.00 bits per heavy atom. The van der Waals surface area contributed by atoms with Crippen LogP contribution in [0.25, 0.3) is 0 Å². The van der Waals surface area contributed by atoms with Crippen molar-refractivity contribution >= 4 is 23.6 Å². The highest BCUT2D eigenvalue weighted by molar-refractivity contribution is 7.79. The lowest BCUT2D eigenvalue weighted by atomic mass is 10.4. The van der Waals surface area contributed by atoms with E-state index in [4.69, 9.17) is 5.11 Å². The van der Waals surface area contributed by atoms with Crippen molar-refractivity contribution < 1.29 is 14.7 Å². The van der Waals surface area contributed by atoms with Crippen molar-refractivity contribution in [2.24, 2.45) is 5.90 Å². The minimum atomic E-state index is -1.18. The molecule has 0 radical (unpaired) electrons. The predicted molar refractivity (Wildman–Crippen MR) is 30.4 cm³/mol. The molecule has 8 heavy (non-hydrogen) atoms. The van der Waals surface area contributed by atoms with Gasteiger partial charge in [-0.05, 0) is 0 Å². The van der Waals surface area contributed by atoms with E-state index in [1.807, 2.05) is 0 Å². The smallest absolute Gasteiger partial charge is 0.339 e. The maximum absolute atomic E-state index is 9.86. The lowest BCUT2D eigenvalue weighted by Gasteiger charge is -1.98. The summed E-state index contributed by atoms with van der Waals surface area (Å²) in [5.41, 5.74) is 0. The summed E-state index contributed by atoms with van der Waals surface area (Å²) < 4.78 is 0. The Balaban J connectivity index is 3.69. The Hall–Kier alpha value is -0.520. The first kappa shape index (κ1) is 7.48. The van der Waals surface area contributed by atoms with Crippen molar-refractivity contribution in [3.63, 3.8) is 0 Å². The van der Waals surface area contributed by atoms with Gasteiger partial charge in [0, 0.05) is 5.37 Å². The SMILES string of the molecule is NOC(C=S)C(=O)O. The van der Waals surface area contributed by atoms with Gasteiger partial charge in [0.05, 0.1) is 0 Å². The number of carboxylic acid groups (broad SMARTS) is 1. The molecule has 0 bridgehead atoms. The molecule has 3 N–H and O–H groups in total. The Bertz CT molecular complexity index is 105. The van der Waals surface area contributed by atoms with Gasteiger partial charge in [-0.15, -0.1) is 0 Å². The van der Waals surface area contributed by atoms with Crippen LogP contribution < -0.4 is 5.90 Å². The van der Waals surface area contributed by atoms with E-state index < -0.39 is 12.1 Å². The molecule has 0 aliphatic rings. The van der Waals surface area contributed by atoms with Crippen LogP contribution in [0.5, 0.6) is 0 Å². The Morgan fingerprint density at radius 3 is 2.50 bits per heavy atom. The highest BCUT2D eigenvalue weighted by Gasteiger charge is 2.11. The largest absolute Gasteiger partial charge is 0.479 e. The lowest BCUT2D eigenvalue weighted by molar-refractivity contribution is -0.145. The van der Waals surface area contributed by atoms with E-state index in [0.29, 0.717) is 0 Å². The standard InChI is InChI=1S/C3H5NO3S/c4-7-2(1-8)3(5)6/h1-2H,4H2,(H,5,6). The van der Waals surface area contributed by atoms with Crippen LogP contribution in [0.2, 0.25) is 0 Å². The molecule has 5 heteroatoms. The van der Waals surface area contributed by atoms with Crippen LogP contribution in [0.4, 0.5) is 0 Å². The number of hydrogen-bond acceptors (Lipinski definition) is 4. The number of aliphatic carboxylic acids is 1. The second-order valence-electron chi connectivity index (χ2n) is 1.03. The monoisotopic (exact) mass is 135 g/mol. The molecule has 4 nitrogen and oxygen atoms in total. The van der Waals surface area contributed by atoms with Crippen molar-refractivity contribution in [1.29, 1.82) is 0 Å². The van der Waals surface area contributed by atoms with Gasteiger partial charge in [-0.3, -0.25) is 4.84 Å². The molecule has 1 unspecified atom stereocenters. The van der Waals surface area contributed by atoms with E-state index >= 15 is 0 Å². The molecule has 1 atom stereocenters. The molecule has 0 aromatic rings. The third kappa shape index (κ3) is 1.97. The van der Waals surface area contributed by atoms with Crippen LogP contribution in [-0.4, -0.2) is 22.5 Å². The molecule has 0 rings (SSSR count). The highest BCUT2D eigenvalue weighted by Crippen LogP contribution is 1.81. The van der Waals surface area contributed by atoms with E-state index in [2.05, 4.69) is 23.0 Å². The fourth-order valence-electron chi connectivity index (χ4n) is 0.148. The Morgan fingerprint density at radius 2 is 2.50 bits per heavy atom. The average Bonchev–Trinajstić information content (AvgIpc) is 1.69. The molecule has 0 saturated carbocycles. The number of carboxylic acids is 1. The first-order valence-electron chi connectivity index (χ1n) is 1.76. The molecule has 0 spiro atoms. The number of thiocarbonyl (C=S) groups is 1. The third-order valence-corrected chi connectivity index (χ3v) is 0.761. The second-order valence-corrected chi connectivity index (χ2v) is 1.30. The van der Waals surface area contributed by atoms with Gasteiger partial charge >= 0.3 is 5.97 Å². The first-order chi connectivity index (χ1) is 3.72. The molecule has 0 heterocycles. The van der Waals surface area contributed by atoms with Crippen LogP contribution in [0.3, 0.4) is 0 Å². The van der Waals surface area contributed by atoms with Crippen LogP contribution in [0.1, 0.15) is 0 Å². The summed E-state index contributed by atoms with van der Waals surface area (Å²) in [4.78, 5) is 13.8. The zero-order valence-corrected chi connectivity index (χ0v) is 4.72. The van der Waals surface area contributed by atoms with Crippen LogP contribution in [-0.2, 0) is 9.63 Å². The van der Waals surface area contributed by atoms with E-state index in [9.17, 15) is 4.79 Å². The summed E-state index contributed by atoms with van der Waals surface area (Å²) in [6.45, 7) is 0. The van der Waals surface area contributed by atoms with Gasteiger partial charge < -0.3 is 5.11 Å². The van der Waals surface area contributed by atoms with Gasteiger partial charge in [-0.1, -0.05) is 12.2 Å². The van der Waals surface area contributed by atoms with Crippen molar-refractivity contribution in [3.05, 3.63) is 0 Å². The molecular formula is C3H5NO3S. The third-order valence-electron chi connectivity index (χ3n) is 0.514. The van der Waals surface area contributed by atoms with Gasteiger partial charge in [0.15, 0.2) is 0 Å². The summed E-state index contributed by atoms with van der Waals surface area (Å²) in [6, 6.07) is 0. The molecule has 0 aromatic heterocycles. The summed E-state index contributed by atoms with van der Waals surface area (Å²) in [6.07, 6.45) is -1.16. The van der Waals surface area contributed by atoms with E-state index in [0.717, 1.165) is 5.37 Å². The van der Waals surface area contributed by atoms with E-state index in [1.54, 1.807) is 0 Å². The van der Waals surface area contributed by atoms with Crippen molar-refractivity contribution in [3.8, 4) is 0 Å². The fourth-order valence-corrected chi connectivity index (χ4v) is 0.329. The molecule has 0 amide bonds. The van der Waals surface area contributed by atoms with Crippen molar-refractivity contribution in [1.82, 2.24) is 0 Å². The Labute approximate surface area is 51.2 Å². The summed E-state index contributed by atoms with van der Waals surface area (Å²) in [7, 11) is 0. The molecule has 0 aliphatic heterocycles. The van der Waals surface area contributed by atoms with Crippen LogP contribution >= 0.6 is 12.2 Å². The van der Waals surface area contributed by atoms with Gasteiger partial charge in [0.1, 0.15) is 0 Å². The normalized spacial score (nSPS) is 12.6. The van der Waals surface area contributed by atoms with Crippen molar-refractivity contribution in [2.45, 2.75) is 6.10 Å². The van der Waals surface area contributed by atoms with Gasteiger partial charge in [-0.2, -0.15) is 0 Å². The highest BCUT2D eigenvalue weighted by atomic mass is 32.1. The van der Waals surface area contributed by atoms with Crippen LogP contribution in [0.15, 0.2) is 0 Å². The molecular weight excluding hydrogens is 130 g/mol. The zero-order chi connectivity index (χ0) is 6.57. The summed E-state index contributed by atoms with van der Waals surface area (Å²) >= 11 is 4.24. The minimum absolute atomic E-state index is 0.933.